The van der Waals surface area contributed by atoms with Gasteiger partial charge in [0.15, 0.2) is 6.29 Å². The molecule has 0 aliphatic rings. The Labute approximate surface area is 103 Å². The molecular weight excluding hydrogens is 260 g/mol. The van der Waals surface area contributed by atoms with Gasteiger partial charge in [0.05, 0.1) is 26.9 Å². The molecular formula is C10H4N2O7. The van der Waals surface area contributed by atoms with Crippen LogP contribution in [0.1, 0.15) is 10.4 Å². The van der Waals surface area contributed by atoms with Gasteiger partial charge >= 0.3 is 5.69 Å². The van der Waals surface area contributed by atoms with Crippen LogP contribution in [-0.4, -0.2) is 16.1 Å². The van der Waals surface area contributed by atoms with Crippen molar-refractivity contribution in [3.63, 3.8) is 0 Å². The molecule has 2 rings (SSSR count). The van der Waals surface area contributed by atoms with Gasteiger partial charge in [-0.2, -0.15) is 0 Å². The van der Waals surface area contributed by atoms with Gasteiger partial charge < -0.3 is 4.42 Å². The van der Waals surface area contributed by atoms with E-state index >= 15 is 0 Å². The van der Waals surface area contributed by atoms with E-state index < -0.39 is 32.2 Å². The summed E-state index contributed by atoms with van der Waals surface area (Å²) in [6, 6.07) is 1.52. The van der Waals surface area contributed by atoms with Crippen molar-refractivity contribution < 1.29 is 19.1 Å². The largest absolute Gasteiger partial charge is 0.456 e. The van der Waals surface area contributed by atoms with Gasteiger partial charge in [-0.25, -0.2) is 0 Å². The highest BCUT2D eigenvalue weighted by Crippen LogP contribution is 2.29. The fourth-order valence-corrected chi connectivity index (χ4v) is 1.54. The second-order valence-electron chi connectivity index (χ2n) is 3.49. The minimum atomic E-state index is -0.904. The summed E-state index contributed by atoms with van der Waals surface area (Å²) in [6.07, 6.45) is 0.979. The number of hydrogen-bond donors (Lipinski definition) is 0. The molecule has 0 fully saturated rings. The van der Waals surface area contributed by atoms with Crippen molar-refractivity contribution in [1.82, 2.24) is 0 Å². The van der Waals surface area contributed by atoms with Crippen LogP contribution in [0.2, 0.25) is 0 Å². The topological polar surface area (TPSA) is 134 Å². The highest BCUT2D eigenvalue weighted by molar-refractivity contribution is 5.91. The molecule has 0 atom stereocenters. The quantitative estimate of drug-likeness (QED) is 0.464. The zero-order valence-electron chi connectivity index (χ0n) is 9.06. The van der Waals surface area contributed by atoms with Crippen molar-refractivity contribution in [3.8, 4) is 0 Å². The molecule has 0 bridgehead atoms. The van der Waals surface area contributed by atoms with Crippen LogP contribution in [0.15, 0.2) is 27.6 Å². The summed E-state index contributed by atoms with van der Waals surface area (Å²) >= 11 is 0. The average Bonchev–Trinajstić information content (AvgIpc) is 2.38. The summed E-state index contributed by atoms with van der Waals surface area (Å²) in [5.74, 6) is 0. The Balaban J connectivity index is 2.99. The molecule has 9 nitrogen and oxygen atoms in total. The highest BCUT2D eigenvalue weighted by atomic mass is 16.6. The number of nitrogens with zero attached hydrogens (tertiary/aromatic N) is 2. The third-order valence-electron chi connectivity index (χ3n) is 2.40. The summed E-state index contributed by atoms with van der Waals surface area (Å²) in [5.41, 5.74) is -2.98. The first-order valence-corrected chi connectivity index (χ1v) is 4.79. The molecule has 1 heterocycles. The molecule has 1 aromatic carbocycles. The first-order chi connectivity index (χ1) is 8.95. The molecule has 0 aliphatic carbocycles. The van der Waals surface area contributed by atoms with Crippen LogP contribution in [0.3, 0.4) is 0 Å². The van der Waals surface area contributed by atoms with Gasteiger partial charge in [-0.3, -0.25) is 29.8 Å². The van der Waals surface area contributed by atoms with Gasteiger partial charge in [-0.05, 0) is 0 Å². The Bertz CT molecular complexity index is 777. The maximum Gasteiger partial charge on any atom is 0.319 e. The van der Waals surface area contributed by atoms with Crippen molar-refractivity contribution in [2.24, 2.45) is 0 Å². The Morgan fingerprint density at radius 1 is 1.16 bits per heavy atom. The molecule has 0 unspecified atom stereocenters. The molecule has 1 aromatic heterocycles. The molecule has 9 heteroatoms. The third-order valence-corrected chi connectivity index (χ3v) is 2.40. The van der Waals surface area contributed by atoms with Crippen LogP contribution in [0.25, 0.3) is 11.0 Å². The number of fused-ring (bicyclic) bond motifs is 1. The summed E-state index contributed by atoms with van der Waals surface area (Å²) in [6.45, 7) is 0. The lowest BCUT2D eigenvalue weighted by molar-refractivity contribution is -0.393. The number of aldehydes is 1. The minimum Gasteiger partial charge on any atom is -0.456 e. The summed E-state index contributed by atoms with van der Waals surface area (Å²) in [5, 5.41) is 21.1. The third kappa shape index (κ3) is 1.92. The van der Waals surface area contributed by atoms with Crippen molar-refractivity contribution >= 4 is 28.6 Å². The molecule has 96 valence electrons. The smallest absolute Gasteiger partial charge is 0.319 e. The number of benzene rings is 1. The lowest BCUT2D eigenvalue weighted by Crippen LogP contribution is -2.09. The summed E-state index contributed by atoms with van der Waals surface area (Å²) in [4.78, 5) is 42.0. The molecule has 19 heavy (non-hydrogen) atoms. The van der Waals surface area contributed by atoms with E-state index in [9.17, 15) is 29.8 Å². The highest BCUT2D eigenvalue weighted by Gasteiger charge is 2.23. The Morgan fingerprint density at radius 2 is 1.84 bits per heavy atom. The lowest BCUT2D eigenvalue weighted by Gasteiger charge is -1.99. The zero-order chi connectivity index (χ0) is 14.2. The number of carbonyl (C=O) groups excluding carboxylic acids is 1. The van der Waals surface area contributed by atoms with E-state index in [1.54, 1.807) is 0 Å². The molecule has 0 aliphatic heterocycles. The van der Waals surface area contributed by atoms with Gasteiger partial charge in [-0.1, -0.05) is 0 Å². The molecule has 0 saturated heterocycles. The predicted molar refractivity (Wildman–Crippen MR) is 61.2 cm³/mol. The maximum atomic E-state index is 11.8. The fourth-order valence-electron chi connectivity index (χ4n) is 1.54. The standard InChI is InChI=1S/C10H4N2O7/c13-3-5-4-19-10-7(9(5)14)1-6(11(15)16)2-8(10)12(17)18/h1-4H. The molecule has 0 radical (unpaired) electrons. The number of nitro benzene ring substituents is 2. The van der Waals surface area contributed by atoms with E-state index in [-0.39, 0.29) is 17.2 Å². The van der Waals surface area contributed by atoms with E-state index in [1.165, 1.54) is 0 Å². The number of hydrogen-bond acceptors (Lipinski definition) is 7. The van der Waals surface area contributed by atoms with Gasteiger partial charge in [0.25, 0.3) is 5.69 Å². The lowest BCUT2D eigenvalue weighted by atomic mass is 10.1. The van der Waals surface area contributed by atoms with Crippen molar-refractivity contribution in [2.75, 3.05) is 0 Å². The van der Waals surface area contributed by atoms with Gasteiger partial charge in [0.2, 0.25) is 11.0 Å². The zero-order valence-corrected chi connectivity index (χ0v) is 9.06. The van der Waals surface area contributed by atoms with E-state index in [4.69, 9.17) is 4.42 Å². The number of nitro groups is 2. The van der Waals surface area contributed by atoms with Crippen LogP contribution in [0.4, 0.5) is 11.4 Å². The van der Waals surface area contributed by atoms with Crippen molar-refractivity contribution in [3.05, 3.63) is 54.4 Å². The maximum absolute atomic E-state index is 11.8. The molecule has 0 amide bonds. The van der Waals surface area contributed by atoms with E-state index in [1.807, 2.05) is 0 Å². The normalized spacial score (nSPS) is 10.3. The Kier molecular flexibility index (Phi) is 2.79. The van der Waals surface area contributed by atoms with Crippen LogP contribution >= 0.6 is 0 Å². The first kappa shape index (κ1) is 12.4. The van der Waals surface area contributed by atoms with E-state index in [0.29, 0.717) is 6.07 Å². The van der Waals surface area contributed by atoms with Crippen LogP contribution in [-0.2, 0) is 0 Å². The summed E-state index contributed by atoms with van der Waals surface area (Å²) in [7, 11) is 0. The molecule has 0 N–H and O–H groups in total. The van der Waals surface area contributed by atoms with Crippen LogP contribution < -0.4 is 5.43 Å². The van der Waals surface area contributed by atoms with Crippen molar-refractivity contribution in [1.29, 1.82) is 0 Å². The predicted octanol–water partition coefficient (Wildman–Crippen LogP) is 1.42. The van der Waals surface area contributed by atoms with Crippen LogP contribution in [0, 0.1) is 20.2 Å². The van der Waals surface area contributed by atoms with Gasteiger partial charge in [0, 0.05) is 6.07 Å². The fraction of sp³-hybridized carbons (Fsp3) is 0. The van der Waals surface area contributed by atoms with Crippen molar-refractivity contribution in [2.45, 2.75) is 0 Å². The Hall–Kier alpha value is -3.10. The van der Waals surface area contributed by atoms with Crippen LogP contribution in [0.5, 0.6) is 0 Å². The second kappa shape index (κ2) is 4.29. The first-order valence-electron chi connectivity index (χ1n) is 4.79. The molecule has 2 aromatic rings. The average molecular weight is 264 g/mol. The monoisotopic (exact) mass is 264 g/mol. The number of carbonyl (C=O) groups is 1. The van der Waals surface area contributed by atoms with E-state index in [2.05, 4.69) is 0 Å². The SMILES string of the molecule is O=Cc1coc2c([N+](=O)[O-])cc([N+](=O)[O-])cc2c1=O. The Morgan fingerprint density at radius 3 is 2.37 bits per heavy atom. The van der Waals surface area contributed by atoms with E-state index in [0.717, 1.165) is 12.3 Å². The van der Waals surface area contributed by atoms with Gasteiger partial charge in [-0.15, -0.1) is 0 Å². The number of rotatable bonds is 3. The molecule has 0 spiro atoms. The minimum absolute atomic E-state index is 0.204. The number of non-ortho nitro benzene ring substituents is 2. The second-order valence-corrected chi connectivity index (χ2v) is 3.49. The summed E-state index contributed by atoms with van der Waals surface area (Å²) < 4.78 is 4.85. The molecule has 0 saturated carbocycles. The van der Waals surface area contributed by atoms with Gasteiger partial charge in [0.1, 0.15) is 6.26 Å².